The molecule has 1 unspecified atom stereocenters. The predicted molar refractivity (Wildman–Crippen MR) is 114 cm³/mol. The molecule has 3 heterocycles. The summed E-state index contributed by atoms with van der Waals surface area (Å²) >= 11 is 1.88. The predicted octanol–water partition coefficient (Wildman–Crippen LogP) is 2.67. The van der Waals surface area contributed by atoms with Crippen LogP contribution in [0.5, 0.6) is 0 Å². The van der Waals surface area contributed by atoms with Crippen LogP contribution in [0.1, 0.15) is 18.4 Å². The van der Waals surface area contributed by atoms with Crippen LogP contribution in [-0.2, 0) is 11.8 Å². The molecule has 1 amide bonds. The van der Waals surface area contributed by atoms with Crippen LogP contribution < -0.4 is 0 Å². The number of aryl methyl sites for hydroxylation is 1. The van der Waals surface area contributed by atoms with Crippen molar-refractivity contribution >= 4 is 23.2 Å². The van der Waals surface area contributed by atoms with Crippen LogP contribution in [-0.4, -0.2) is 74.7 Å². The molecule has 0 bridgehead atoms. The normalized spacial score (nSPS) is 20.2. The highest BCUT2D eigenvalue weighted by molar-refractivity contribution is 7.99. The highest BCUT2D eigenvalue weighted by Crippen LogP contribution is 2.27. The number of rotatable bonds is 5. The fraction of sp³-hybridized carbons (Fsp3) is 0.476. The Morgan fingerprint density at radius 1 is 1.34 bits per heavy atom. The van der Waals surface area contributed by atoms with Crippen LogP contribution in [0.4, 0.5) is 4.39 Å². The van der Waals surface area contributed by atoms with E-state index in [-0.39, 0.29) is 11.7 Å². The summed E-state index contributed by atoms with van der Waals surface area (Å²) in [7, 11) is 1.76. The molecule has 1 aromatic carbocycles. The molecule has 2 aromatic rings. The zero-order valence-electron chi connectivity index (χ0n) is 16.8. The van der Waals surface area contributed by atoms with E-state index >= 15 is 0 Å². The lowest BCUT2D eigenvalue weighted by Crippen LogP contribution is -2.41. The standard InChI is InChI=1S/C21H26FN5OS/c1-25-14-23-21(24-25)18-4-3-16(11-19(18)22)15-5-9-27(10-6-15)20(28)13-26-8-7-17(12-26)29-2/h3-5,11,14,17H,6-10,12-13H2,1-2H3. The van der Waals surface area contributed by atoms with Crippen molar-refractivity contribution in [2.24, 2.45) is 7.05 Å². The molecule has 29 heavy (non-hydrogen) atoms. The average Bonchev–Trinajstić information content (AvgIpc) is 3.36. The van der Waals surface area contributed by atoms with E-state index in [0.29, 0.717) is 36.3 Å². The van der Waals surface area contributed by atoms with Crippen LogP contribution in [0.3, 0.4) is 0 Å². The van der Waals surface area contributed by atoms with Gasteiger partial charge in [0.15, 0.2) is 5.82 Å². The number of carbonyl (C=O) groups is 1. The van der Waals surface area contributed by atoms with E-state index < -0.39 is 0 Å². The summed E-state index contributed by atoms with van der Waals surface area (Å²) in [4.78, 5) is 20.9. The number of aromatic nitrogens is 3. The van der Waals surface area contributed by atoms with Crippen LogP contribution in [0.2, 0.25) is 0 Å². The second-order valence-electron chi connectivity index (χ2n) is 7.64. The van der Waals surface area contributed by atoms with Gasteiger partial charge in [0, 0.05) is 31.9 Å². The number of benzene rings is 1. The maximum absolute atomic E-state index is 14.6. The number of likely N-dealkylation sites (tertiary alicyclic amines) is 1. The maximum Gasteiger partial charge on any atom is 0.237 e. The van der Waals surface area contributed by atoms with Crippen molar-refractivity contribution in [1.82, 2.24) is 24.6 Å². The Kier molecular flexibility index (Phi) is 6.01. The third kappa shape index (κ3) is 4.53. The van der Waals surface area contributed by atoms with E-state index in [2.05, 4.69) is 21.2 Å². The largest absolute Gasteiger partial charge is 0.338 e. The molecule has 1 atom stereocenters. The Morgan fingerprint density at radius 3 is 2.83 bits per heavy atom. The quantitative estimate of drug-likeness (QED) is 0.752. The van der Waals surface area contributed by atoms with Crippen LogP contribution in [0.15, 0.2) is 30.6 Å². The Hall–Kier alpha value is -2.19. The van der Waals surface area contributed by atoms with Crippen molar-refractivity contribution in [3.63, 3.8) is 0 Å². The van der Waals surface area contributed by atoms with Crippen molar-refractivity contribution < 1.29 is 9.18 Å². The minimum Gasteiger partial charge on any atom is -0.338 e. The van der Waals surface area contributed by atoms with E-state index in [1.54, 1.807) is 30.2 Å². The molecular formula is C21H26FN5OS. The minimum atomic E-state index is -0.328. The molecule has 2 aliphatic heterocycles. The minimum absolute atomic E-state index is 0.185. The third-order valence-corrected chi connectivity index (χ3v) is 6.71. The summed E-state index contributed by atoms with van der Waals surface area (Å²) < 4.78 is 16.2. The summed E-state index contributed by atoms with van der Waals surface area (Å²) in [6, 6.07) is 5.18. The van der Waals surface area contributed by atoms with Crippen LogP contribution in [0.25, 0.3) is 17.0 Å². The first kappa shape index (κ1) is 20.1. The SMILES string of the molecule is CSC1CCN(CC(=O)N2CC=C(c3ccc(-c4ncn(C)n4)c(F)c3)CC2)C1. The molecule has 6 nitrogen and oxygen atoms in total. The topological polar surface area (TPSA) is 54.3 Å². The first-order valence-electron chi connectivity index (χ1n) is 9.91. The second-order valence-corrected chi connectivity index (χ2v) is 8.78. The molecular weight excluding hydrogens is 389 g/mol. The number of hydrogen-bond acceptors (Lipinski definition) is 5. The van der Waals surface area contributed by atoms with Crippen molar-refractivity contribution in [1.29, 1.82) is 0 Å². The fourth-order valence-electron chi connectivity index (χ4n) is 3.94. The number of hydrogen-bond donors (Lipinski definition) is 0. The van der Waals surface area contributed by atoms with Gasteiger partial charge in [0.25, 0.3) is 0 Å². The molecule has 1 saturated heterocycles. The molecule has 1 aromatic heterocycles. The first-order valence-corrected chi connectivity index (χ1v) is 11.2. The summed E-state index contributed by atoms with van der Waals surface area (Å²) in [6.07, 6.45) is 7.63. The van der Waals surface area contributed by atoms with Crippen molar-refractivity contribution in [3.05, 3.63) is 42.0 Å². The summed E-state index contributed by atoms with van der Waals surface area (Å²) in [5.41, 5.74) is 2.34. The molecule has 8 heteroatoms. The van der Waals surface area contributed by atoms with E-state index in [9.17, 15) is 9.18 Å². The van der Waals surface area contributed by atoms with Gasteiger partial charge in [-0.3, -0.25) is 14.4 Å². The number of halogens is 1. The summed E-state index contributed by atoms with van der Waals surface area (Å²) in [6.45, 7) is 3.76. The number of nitrogens with zero attached hydrogens (tertiary/aromatic N) is 5. The molecule has 0 aliphatic carbocycles. The lowest BCUT2D eigenvalue weighted by atomic mass is 9.98. The zero-order valence-corrected chi connectivity index (χ0v) is 17.7. The lowest BCUT2D eigenvalue weighted by Gasteiger charge is -2.28. The molecule has 0 N–H and O–H groups in total. The van der Waals surface area contributed by atoms with Crippen molar-refractivity contribution in [2.75, 3.05) is 39.0 Å². The van der Waals surface area contributed by atoms with Crippen LogP contribution >= 0.6 is 11.8 Å². The average molecular weight is 416 g/mol. The third-order valence-electron chi connectivity index (χ3n) is 5.66. The van der Waals surface area contributed by atoms with Gasteiger partial charge < -0.3 is 4.90 Å². The van der Waals surface area contributed by atoms with Gasteiger partial charge in [0.05, 0.1) is 12.1 Å². The van der Waals surface area contributed by atoms with Crippen molar-refractivity contribution in [3.8, 4) is 11.4 Å². The van der Waals surface area contributed by atoms with Gasteiger partial charge in [-0.25, -0.2) is 9.37 Å². The van der Waals surface area contributed by atoms with E-state index in [1.807, 2.05) is 28.8 Å². The summed E-state index contributed by atoms with van der Waals surface area (Å²) in [5, 5.41) is 4.81. The maximum atomic E-state index is 14.6. The van der Waals surface area contributed by atoms with Gasteiger partial charge in [-0.15, -0.1) is 0 Å². The Morgan fingerprint density at radius 2 is 2.21 bits per heavy atom. The number of thioether (sulfide) groups is 1. The van der Waals surface area contributed by atoms with Gasteiger partial charge >= 0.3 is 0 Å². The van der Waals surface area contributed by atoms with Gasteiger partial charge in [-0.1, -0.05) is 12.1 Å². The molecule has 0 radical (unpaired) electrons. The first-order chi connectivity index (χ1) is 14.0. The fourth-order valence-corrected chi connectivity index (χ4v) is 4.64. The number of carbonyl (C=O) groups excluding carboxylic acids is 1. The molecule has 4 rings (SSSR count). The Labute approximate surface area is 174 Å². The lowest BCUT2D eigenvalue weighted by molar-refractivity contribution is -0.131. The highest BCUT2D eigenvalue weighted by atomic mass is 32.2. The number of amides is 1. The van der Waals surface area contributed by atoms with E-state index in [1.165, 1.54) is 0 Å². The van der Waals surface area contributed by atoms with Gasteiger partial charge in [-0.05, 0) is 48.9 Å². The zero-order chi connectivity index (χ0) is 20.4. The molecule has 2 aliphatic rings. The van der Waals surface area contributed by atoms with Gasteiger partial charge in [-0.2, -0.15) is 16.9 Å². The van der Waals surface area contributed by atoms with E-state index in [0.717, 1.165) is 37.1 Å². The molecule has 1 fully saturated rings. The summed E-state index contributed by atoms with van der Waals surface area (Å²) in [5.74, 6) is 0.242. The van der Waals surface area contributed by atoms with Crippen LogP contribution in [0, 0.1) is 5.82 Å². The molecule has 154 valence electrons. The second kappa shape index (κ2) is 8.67. The molecule has 0 saturated carbocycles. The molecule has 0 spiro atoms. The monoisotopic (exact) mass is 415 g/mol. The van der Waals surface area contributed by atoms with E-state index in [4.69, 9.17) is 0 Å². The highest BCUT2D eigenvalue weighted by Gasteiger charge is 2.26. The Bertz CT molecular complexity index is 928. The smallest absolute Gasteiger partial charge is 0.237 e. The van der Waals surface area contributed by atoms with Crippen molar-refractivity contribution in [2.45, 2.75) is 18.1 Å². The van der Waals surface area contributed by atoms with Gasteiger partial charge in [0.1, 0.15) is 12.1 Å². The Balaban J connectivity index is 1.38. The van der Waals surface area contributed by atoms with Gasteiger partial charge in [0.2, 0.25) is 5.91 Å².